The summed E-state index contributed by atoms with van der Waals surface area (Å²) in [6.45, 7) is 4.21. The second-order valence-corrected chi connectivity index (χ2v) is 3.84. The number of carboxylic acids is 1. The molecule has 0 amide bonds. The van der Waals surface area contributed by atoms with Crippen LogP contribution in [0, 0.1) is 0 Å². The Bertz CT molecular complexity index is 638. The predicted molar refractivity (Wildman–Crippen MR) is 76.2 cm³/mol. The van der Waals surface area contributed by atoms with Crippen molar-refractivity contribution in [3.05, 3.63) is 45.2 Å². The van der Waals surface area contributed by atoms with E-state index in [2.05, 4.69) is 0 Å². The van der Waals surface area contributed by atoms with Gasteiger partial charge in [-0.1, -0.05) is 38.2 Å². The summed E-state index contributed by atoms with van der Waals surface area (Å²) in [6, 6.07) is 3.24. The summed E-state index contributed by atoms with van der Waals surface area (Å²) in [5, 5.41) is 10.4. The van der Waals surface area contributed by atoms with E-state index in [9.17, 15) is 9.59 Å². The molecule has 2 rings (SSSR count). The molecule has 0 saturated carbocycles. The predicted octanol–water partition coefficient (Wildman–Crippen LogP) is 0.870. The van der Waals surface area contributed by atoms with Gasteiger partial charge in [-0.3, -0.25) is 9.59 Å². The van der Waals surface area contributed by atoms with E-state index < -0.39 is 5.97 Å². The Hall–Kier alpha value is -2.10. The molecule has 102 valence electrons. The van der Waals surface area contributed by atoms with Gasteiger partial charge in [0, 0.05) is 18.0 Å². The van der Waals surface area contributed by atoms with Gasteiger partial charge in [-0.15, -0.1) is 0 Å². The molecule has 0 atom stereocenters. The van der Waals surface area contributed by atoms with Crippen molar-refractivity contribution >= 4 is 18.1 Å². The molecule has 1 aromatic rings. The van der Waals surface area contributed by atoms with Crippen LogP contribution in [0.5, 0.6) is 0 Å². The number of pyridine rings is 1. The lowest BCUT2D eigenvalue weighted by atomic mass is 10.3. The third-order valence-electron chi connectivity index (χ3n) is 2.67. The second kappa shape index (κ2) is 7.36. The third kappa shape index (κ3) is 3.95. The van der Waals surface area contributed by atoms with Crippen LogP contribution in [0.2, 0.25) is 0 Å². The van der Waals surface area contributed by atoms with E-state index in [1.54, 1.807) is 6.07 Å². The van der Waals surface area contributed by atoms with Crippen molar-refractivity contribution in [1.29, 1.82) is 0 Å². The average molecular weight is 261 g/mol. The fourth-order valence-corrected chi connectivity index (χ4v) is 1.85. The van der Waals surface area contributed by atoms with Crippen molar-refractivity contribution in [3.63, 3.8) is 0 Å². The summed E-state index contributed by atoms with van der Waals surface area (Å²) in [5.41, 5.74) is -0.156. The van der Waals surface area contributed by atoms with E-state index in [0.717, 1.165) is 17.0 Å². The number of aromatic nitrogens is 1. The van der Waals surface area contributed by atoms with Crippen LogP contribution in [0.1, 0.15) is 26.7 Å². The van der Waals surface area contributed by atoms with Crippen LogP contribution < -0.4 is 16.1 Å². The zero-order valence-corrected chi connectivity index (χ0v) is 11.3. The SMILES string of the molecule is CC.O=C(O)CCn1c(=O)ccc2c1=CCC=CC=2. The van der Waals surface area contributed by atoms with Gasteiger partial charge in [0.05, 0.1) is 6.42 Å². The molecule has 4 heteroatoms. The highest BCUT2D eigenvalue weighted by atomic mass is 16.4. The van der Waals surface area contributed by atoms with Gasteiger partial charge in [-0.2, -0.15) is 0 Å². The van der Waals surface area contributed by atoms with Gasteiger partial charge < -0.3 is 9.67 Å². The molecule has 1 N–H and O–H groups in total. The van der Waals surface area contributed by atoms with Crippen LogP contribution in [-0.4, -0.2) is 15.6 Å². The number of hydrogen-bond donors (Lipinski definition) is 1. The van der Waals surface area contributed by atoms with Gasteiger partial charge in [0.2, 0.25) is 0 Å². The zero-order valence-electron chi connectivity index (χ0n) is 11.3. The molecule has 1 aliphatic rings. The topological polar surface area (TPSA) is 59.3 Å². The number of nitrogens with zero attached hydrogens (tertiary/aromatic N) is 1. The summed E-state index contributed by atoms with van der Waals surface area (Å²) < 4.78 is 1.52. The molecular formula is C15H19NO3. The molecule has 0 fully saturated rings. The molecule has 0 aromatic carbocycles. The van der Waals surface area contributed by atoms with Gasteiger partial charge >= 0.3 is 5.97 Å². The minimum absolute atomic E-state index is 0.0440. The number of hydrogen-bond acceptors (Lipinski definition) is 2. The molecular weight excluding hydrogens is 242 g/mol. The van der Waals surface area contributed by atoms with E-state index >= 15 is 0 Å². The summed E-state index contributed by atoms with van der Waals surface area (Å²) in [4.78, 5) is 22.3. The standard InChI is InChI=1S/C13H13NO3.C2H6/c15-12-7-6-10-4-2-1-3-5-11(10)14(12)9-8-13(16)17;1-2/h1-2,4-7H,3,8-9H2,(H,16,17);1-2H3. The largest absolute Gasteiger partial charge is 0.481 e. The second-order valence-electron chi connectivity index (χ2n) is 3.84. The Kier molecular flexibility index (Phi) is 5.79. The Balaban J connectivity index is 0.000000861. The zero-order chi connectivity index (χ0) is 14.3. The number of fused-ring (bicyclic) bond motifs is 1. The minimum Gasteiger partial charge on any atom is -0.481 e. The summed E-state index contributed by atoms with van der Waals surface area (Å²) in [6.07, 6.45) is 8.51. The number of rotatable bonds is 3. The number of carboxylic acid groups (broad SMARTS) is 1. The van der Waals surface area contributed by atoms with Crippen molar-refractivity contribution in [1.82, 2.24) is 4.57 Å². The van der Waals surface area contributed by atoms with Gasteiger partial charge in [0.15, 0.2) is 0 Å². The number of allylic oxidation sites excluding steroid dienone is 2. The van der Waals surface area contributed by atoms with Crippen LogP contribution >= 0.6 is 0 Å². The first-order valence-electron chi connectivity index (χ1n) is 6.47. The van der Waals surface area contributed by atoms with Crippen LogP contribution in [0.3, 0.4) is 0 Å². The van der Waals surface area contributed by atoms with Gasteiger partial charge in [0.1, 0.15) is 0 Å². The van der Waals surface area contributed by atoms with E-state index in [0.29, 0.717) is 0 Å². The first-order valence-corrected chi connectivity index (χ1v) is 6.47. The normalized spacial score (nSPS) is 12.1. The van der Waals surface area contributed by atoms with E-state index in [-0.39, 0.29) is 18.5 Å². The van der Waals surface area contributed by atoms with Crippen LogP contribution in [0.15, 0.2) is 29.1 Å². The molecule has 1 heterocycles. The first kappa shape index (κ1) is 15.0. The van der Waals surface area contributed by atoms with Gasteiger partial charge in [-0.25, -0.2) is 0 Å². The van der Waals surface area contributed by atoms with Crippen molar-refractivity contribution in [3.8, 4) is 0 Å². The van der Waals surface area contributed by atoms with E-state index in [4.69, 9.17) is 5.11 Å². The first-order chi connectivity index (χ1) is 9.18. The van der Waals surface area contributed by atoms with Crippen molar-refractivity contribution in [2.75, 3.05) is 0 Å². The Morgan fingerprint density at radius 2 is 2.11 bits per heavy atom. The Morgan fingerprint density at radius 3 is 2.79 bits per heavy atom. The van der Waals surface area contributed by atoms with Crippen molar-refractivity contribution in [2.45, 2.75) is 33.2 Å². The van der Waals surface area contributed by atoms with Gasteiger partial charge in [-0.05, 0) is 17.7 Å². The quantitative estimate of drug-likeness (QED) is 0.878. The number of aliphatic carboxylic acids is 1. The summed E-state index contributed by atoms with van der Waals surface area (Å²) >= 11 is 0. The fraction of sp³-hybridized carbons (Fsp3) is 0.333. The molecule has 0 aliphatic heterocycles. The molecule has 1 aliphatic carbocycles. The maximum atomic E-state index is 11.7. The Morgan fingerprint density at radius 1 is 1.37 bits per heavy atom. The van der Waals surface area contributed by atoms with Crippen molar-refractivity contribution < 1.29 is 9.90 Å². The lowest BCUT2D eigenvalue weighted by Gasteiger charge is -2.05. The lowest BCUT2D eigenvalue weighted by Crippen LogP contribution is -2.42. The molecule has 0 spiro atoms. The molecule has 0 bridgehead atoms. The fourth-order valence-electron chi connectivity index (χ4n) is 1.85. The maximum Gasteiger partial charge on any atom is 0.305 e. The van der Waals surface area contributed by atoms with E-state index in [1.165, 1.54) is 10.6 Å². The van der Waals surface area contributed by atoms with Crippen LogP contribution in [0.4, 0.5) is 0 Å². The van der Waals surface area contributed by atoms with E-state index in [1.807, 2.05) is 38.2 Å². The molecule has 0 unspecified atom stereocenters. The highest BCUT2D eigenvalue weighted by Crippen LogP contribution is 1.89. The highest BCUT2D eigenvalue weighted by molar-refractivity contribution is 5.66. The molecule has 0 saturated heterocycles. The molecule has 19 heavy (non-hydrogen) atoms. The summed E-state index contributed by atoms with van der Waals surface area (Å²) in [7, 11) is 0. The summed E-state index contributed by atoms with van der Waals surface area (Å²) in [5.74, 6) is -0.898. The molecule has 1 aromatic heterocycles. The van der Waals surface area contributed by atoms with Crippen LogP contribution in [-0.2, 0) is 11.3 Å². The molecule has 0 radical (unpaired) electrons. The average Bonchev–Trinajstić information content (AvgIpc) is 2.65. The number of carbonyl (C=O) groups is 1. The molecule has 4 nitrogen and oxygen atoms in total. The maximum absolute atomic E-state index is 11.7. The van der Waals surface area contributed by atoms with Gasteiger partial charge in [0.25, 0.3) is 5.56 Å². The minimum atomic E-state index is -0.898. The Labute approximate surface area is 112 Å². The monoisotopic (exact) mass is 261 g/mol. The highest BCUT2D eigenvalue weighted by Gasteiger charge is 2.03. The van der Waals surface area contributed by atoms with Crippen LogP contribution in [0.25, 0.3) is 12.2 Å². The smallest absolute Gasteiger partial charge is 0.305 e. The third-order valence-corrected chi connectivity index (χ3v) is 2.67. The van der Waals surface area contributed by atoms with Crippen molar-refractivity contribution in [2.24, 2.45) is 0 Å². The lowest BCUT2D eigenvalue weighted by molar-refractivity contribution is -0.137.